The van der Waals surface area contributed by atoms with Crippen molar-refractivity contribution in [3.63, 3.8) is 0 Å². The second kappa shape index (κ2) is 4.52. The van der Waals surface area contributed by atoms with Crippen molar-refractivity contribution in [1.82, 2.24) is 14.1 Å². The van der Waals surface area contributed by atoms with Gasteiger partial charge in [-0.1, -0.05) is 11.8 Å². The van der Waals surface area contributed by atoms with Gasteiger partial charge in [0.2, 0.25) is 0 Å². The van der Waals surface area contributed by atoms with E-state index in [9.17, 15) is 0 Å². The molecule has 0 aliphatic heterocycles. The lowest BCUT2D eigenvalue weighted by atomic mass is 10.3. The maximum atomic E-state index is 3.96. The Hall–Kier alpha value is -1.95. The lowest BCUT2D eigenvalue weighted by molar-refractivity contribution is 0.684. The number of hydrogen-bond donors (Lipinski definition) is 0. The molecule has 0 saturated heterocycles. The van der Waals surface area contributed by atoms with E-state index >= 15 is 0 Å². The van der Waals surface area contributed by atoms with Gasteiger partial charge in [-0.05, 0) is 19.1 Å². The molecule has 0 bridgehead atoms. The molecule has 2 rings (SSSR count). The molecular formula is C12H13N3. The van der Waals surface area contributed by atoms with Crippen molar-refractivity contribution in [2.24, 2.45) is 0 Å². The van der Waals surface area contributed by atoms with Crippen molar-refractivity contribution in [1.29, 1.82) is 0 Å². The Morgan fingerprint density at radius 3 is 2.73 bits per heavy atom. The first-order valence-corrected chi connectivity index (χ1v) is 4.93. The zero-order valence-corrected chi connectivity index (χ0v) is 8.67. The molecule has 0 aromatic carbocycles. The molecule has 0 fully saturated rings. The van der Waals surface area contributed by atoms with Crippen LogP contribution < -0.4 is 0 Å². The molecule has 3 heteroatoms. The van der Waals surface area contributed by atoms with E-state index < -0.39 is 0 Å². The van der Waals surface area contributed by atoms with Gasteiger partial charge in [0.25, 0.3) is 0 Å². The molecule has 0 aliphatic rings. The summed E-state index contributed by atoms with van der Waals surface area (Å²) >= 11 is 0. The molecule has 1 unspecified atom stereocenters. The Morgan fingerprint density at radius 2 is 2.07 bits per heavy atom. The van der Waals surface area contributed by atoms with Crippen LogP contribution >= 0.6 is 0 Å². The largest absolute Gasteiger partial charge is 0.340 e. The van der Waals surface area contributed by atoms with Gasteiger partial charge in [-0.3, -0.25) is 0 Å². The third-order valence-electron chi connectivity index (χ3n) is 2.21. The van der Waals surface area contributed by atoms with Gasteiger partial charge in [0, 0.05) is 24.8 Å². The fourth-order valence-electron chi connectivity index (χ4n) is 1.35. The average Bonchev–Trinajstić information content (AvgIpc) is 2.90. The van der Waals surface area contributed by atoms with Crippen LogP contribution in [0.25, 0.3) is 0 Å². The minimum Gasteiger partial charge on any atom is -0.340 e. The summed E-state index contributed by atoms with van der Waals surface area (Å²) in [6.07, 6.45) is 9.49. The van der Waals surface area contributed by atoms with Gasteiger partial charge in [0.1, 0.15) is 0 Å². The second-order valence-electron chi connectivity index (χ2n) is 3.36. The highest BCUT2D eigenvalue weighted by Gasteiger charge is 1.95. The summed E-state index contributed by atoms with van der Waals surface area (Å²) in [6.45, 7) is 2.78. The molecule has 0 aliphatic carbocycles. The topological polar surface area (TPSA) is 22.8 Å². The van der Waals surface area contributed by atoms with E-state index in [-0.39, 0.29) is 6.04 Å². The van der Waals surface area contributed by atoms with Crippen LogP contribution in [0.1, 0.15) is 13.0 Å². The lowest BCUT2D eigenvalue weighted by Crippen LogP contribution is -1.99. The van der Waals surface area contributed by atoms with E-state index in [1.807, 2.05) is 35.3 Å². The lowest BCUT2D eigenvalue weighted by Gasteiger charge is -2.04. The van der Waals surface area contributed by atoms with Crippen molar-refractivity contribution in [3.8, 4) is 11.8 Å². The summed E-state index contributed by atoms with van der Waals surface area (Å²) in [5.74, 6) is 6.32. The zero-order chi connectivity index (χ0) is 10.5. The Kier molecular flexibility index (Phi) is 2.89. The normalized spacial score (nSPS) is 11.8. The molecule has 2 heterocycles. The Morgan fingerprint density at radius 1 is 1.27 bits per heavy atom. The molecule has 0 spiro atoms. The van der Waals surface area contributed by atoms with Gasteiger partial charge in [-0.15, -0.1) is 0 Å². The van der Waals surface area contributed by atoms with Crippen molar-refractivity contribution in [2.45, 2.75) is 19.5 Å². The molecule has 0 radical (unpaired) electrons. The summed E-state index contributed by atoms with van der Waals surface area (Å²) < 4.78 is 4.04. The van der Waals surface area contributed by atoms with Gasteiger partial charge >= 0.3 is 0 Å². The zero-order valence-electron chi connectivity index (χ0n) is 8.67. The van der Waals surface area contributed by atoms with Crippen LogP contribution in [0.15, 0.2) is 43.2 Å². The molecule has 0 amide bonds. The van der Waals surface area contributed by atoms with Crippen molar-refractivity contribution < 1.29 is 0 Å². The third-order valence-corrected chi connectivity index (χ3v) is 2.21. The highest BCUT2D eigenvalue weighted by Crippen LogP contribution is 2.03. The molecule has 3 nitrogen and oxygen atoms in total. The number of rotatable bonds is 2. The van der Waals surface area contributed by atoms with E-state index in [1.54, 1.807) is 12.5 Å². The minimum atomic E-state index is 0.225. The van der Waals surface area contributed by atoms with Gasteiger partial charge in [-0.25, -0.2) is 4.98 Å². The summed E-state index contributed by atoms with van der Waals surface area (Å²) in [6, 6.07) is 4.24. The van der Waals surface area contributed by atoms with Crippen LogP contribution in [-0.2, 0) is 6.54 Å². The van der Waals surface area contributed by atoms with Crippen LogP contribution in [0, 0.1) is 11.8 Å². The number of hydrogen-bond acceptors (Lipinski definition) is 1. The van der Waals surface area contributed by atoms with E-state index in [0.29, 0.717) is 6.54 Å². The molecular weight excluding hydrogens is 186 g/mol. The Bertz CT molecular complexity index is 443. The van der Waals surface area contributed by atoms with E-state index in [4.69, 9.17) is 0 Å². The fraction of sp³-hybridized carbons (Fsp3) is 0.250. The van der Waals surface area contributed by atoms with E-state index in [1.165, 1.54) is 0 Å². The molecule has 2 aromatic rings. The third kappa shape index (κ3) is 2.50. The number of nitrogens with zero attached hydrogens (tertiary/aromatic N) is 3. The highest BCUT2D eigenvalue weighted by atomic mass is 15.0. The van der Waals surface area contributed by atoms with Crippen LogP contribution in [0.4, 0.5) is 0 Å². The Labute approximate surface area is 89.4 Å². The fourth-order valence-corrected chi connectivity index (χ4v) is 1.35. The van der Waals surface area contributed by atoms with Gasteiger partial charge in [0.15, 0.2) is 0 Å². The van der Waals surface area contributed by atoms with Crippen LogP contribution in [-0.4, -0.2) is 14.1 Å². The molecule has 76 valence electrons. The van der Waals surface area contributed by atoms with E-state index in [0.717, 1.165) is 0 Å². The van der Waals surface area contributed by atoms with Crippen LogP contribution in [0.5, 0.6) is 0 Å². The molecule has 1 atom stereocenters. The molecule has 2 aromatic heterocycles. The molecule has 0 N–H and O–H groups in total. The van der Waals surface area contributed by atoms with Crippen molar-refractivity contribution >= 4 is 0 Å². The smallest absolute Gasteiger partial charge is 0.0954 e. The monoisotopic (exact) mass is 199 g/mol. The summed E-state index contributed by atoms with van der Waals surface area (Å²) in [4.78, 5) is 3.96. The van der Waals surface area contributed by atoms with Crippen molar-refractivity contribution in [3.05, 3.63) is 43.2 Å². The number of aromatic nitrogens is 3. The molecule has 15 heavy (non-hydrogen) atoms. The summed E-state index contributed by atoms with van der Waals surface area (Å²) in [5, 5.41) is 0. The predicted molar refractivity (Wildman–Crippen MR) is 59.1 cm³/mol. The standard InChI is InChI=1S/C12H13N3/c1-12(15-8-2-3-9-15)5-4-7-14-10-6-13-11-14/h2-3,6,8-12H,7H2,1H3. The summed E-state index contributed by atoms with van der Waals surface area (Å²) in [7, 11) is 0. The average molecular weight is 199 g/mol. The van der Waals surface area contributed by atoms with E-state index in [2.05, 4.69) is 28.3 Å². The second-order valence-corrected chi connectivity index (χ2v) is 3.36. The summed E-state index contributed by atoms with van der Waals surface area (Å²) in [5.41, 5.74) is 0. The maximum Gasteiger partial charge on any atom is 0.0954 e. The van der Waals surface area contributed by atoms with Gasteiger partial charge in [-0.2, -0.15) is 0 Å². The SMILES string of the molecule is CC(C#CCn1ccnc1)n1cccc1. The quantitative estimate of drug-likeness (QED) is 0.678. The van der Waals surface area contributed by atoms with Gasteiger partial charge in [0.05, 0.1) is 18.9 Å². The predicted octanol–water partition coefficient (Wildman–Crippen LogP) is 1.95. The Balaban J connectivity index is 1.95. The first-order chi connectivity index (χ1) is 7.36. The molecule has 0 saturated carbocycles. The van der Waals surface area contributed by atoms with Crippen LogP contribution in [0.2, 0.25) is 0 Å². The van der Waals surface area contributed by atoms with Gasteiger partial charge < -0.3 is 9.13 Å². The van der Waals surface area contributed by atoms with Crippen molar-refractivity contribution in [2.75, 3.05) is 0 Å². The first-order valence-electron chi connectivity index (χ1n) is 4.93. The maximum absolute atomic E-state index is 3.96. The van der Waals surface area contributed by atoms with Crippen LogP contribution in [0.3, 0.4) is 0 Å². The first kappa shape index (κ1) is 9.60. The number of imidazole rings is 1. The minimum absolute atomic E-state index is 0.225. The highest BCUT2D eigenvalue weighted by molar-refractivity contribution is 5.08.